The number of ketones is 1. The Kier molecular flexibility index (Phi) is 5.21. The van der Waals surface area contributed by atoms with Gasteiger partial charge in [-0.3, -0.25) is 4.79 Å². The summed E-state index contributed by atoms with van der Waals surface area (Å²) < 4.78 is 1.11. The van der Waals surface area contributed by atoms with Gasteiger partial charge < -0.3 is 4.90 Å². The van der Waals surface area contributed by atoms with Crippen molar-refractivity contribution < 1.29 is 4.79 Å². The van der Waals surface area contributed by atoms with Crippen LogP contribution in [-0.4, -0.2) is 28.3 Å². The maximum absolute atomic E-state index is 12.9. The fraction of sp³-hybridized carbons (Fsp3) is 0.409. The number of carbonyl (C=O) groups is 1. The van der Waals surface area contributed by atoms with E-state index in [4.69, 9.17) is 4.98 Å². The van der Waals surface area contributed by atoms with Crippen molar-refractivity contribution in [3.05, 3.63) is 53.7 Å². The second-order valence-corrected chi connectivity index (χ2v) is 8.55. The van der Waals surface area contributed by atoms with Crippen LogP contribution in [0.2, 0.25) is 0 Å². The molecule has 1 aliphatic rings. The Morgan fingerprint density at radius 3 is 2.89 bits per heavy atom. The Bertz CT molecular complexity index is 935. The van der Waals surface area contributed by atoms with E-state index in [2.05, 4.69) is 41.9 Å². The predicted molar refractivity (Wildman–Crippen MR) is 112 cm³/mol. The van der Waals surface area contributed by atoms with E-state index in [0.29, 0.717) is 18.1 Å². The van der Waals surface area contributed by atoms with Crippen molar-refractivity contribution in [2.45, 2.75) is 51.5 Å². The Hall–Kier alpha value is -2.27. The van der Waals surface area contributed by atoms with Crippen molar-refractivity contribution in [2.24, 2.45) is 0 Å². The second kappa shape index (κ2) is 7.77. The molecule has 27 heavy (non-hydrogen) atoms. The van der Waals surface area contributed by atoms with Crippen LogP contribution in [0.25, 0.3) is 10.3 Å². The Balaban J connectivity index is 1.50. The zero-order valence-corrected chi connectivity index (χ0v) is 16.7. The first-order chi connectivity index (χ1) is 13.1. The molecule has 0 unspecified atom stereocenters. The molecule has 0 bridgehead atoms. The molecule has 1 atom stereocenters. The van der Waals surface area contributed by atoms with Crippen LogP contribution < -0.4 is 4.90 Å². The van der Waals surface area contributed by atoms with E-state index in [1.54, 1.807) is 11.3 Å². The average molecular weight is 380 g/mol. The van der Waals surface area contributed by atoms with E-state index in [0.717, 1.165) is 41.3 Å². The lowest BCUT2D eigenvalue weighted by Crippen LogP contribution is -2.36. The van der Waals surface area contributed by atoms with Gasteiger partial charge in [-0.1, -0.05) is 55.5 Å². The fourth-order valence-electron chi connectivity index (χ4n) is 3.67. The number of carbonyl (C=O) groups excluding carboxylic acids is 1. The van der Waals surface area contributed by atoms with Crippen molar-refractivity contribution in [3.63, 3.8) is 0 Å². The molecule has 0 spiro atoms. The van der Waals surface area contributed by atoms with E-state index >= 15 is 0 Å². The van der Waals surface area contributed by atoms with E-state index in [1.165, 1.54) is 11.1 Å². The minimum atomic E-state index is -0.0427. The minimum absolute atomic E-state index is 0.0427. The molecule has 4 nitrogen and oxygen atoms in total. The summed E-state index contributed by atoms with van der Waals surface area (Å²) in [6.45, 7) is 5.25. The van der Waals surface area contributed by atoms with E-state index in [1.807, 2.05) is 24.4 Å². The Labute approximate surface area is 164 Å². The number of pyridine rings is 1. The van der Waals surface area contributed by atoms with Gasteiger partial charge in [-0.15, -0.1) is 0 Å². The molecule has 0 aliphatic carbocycles. The summed E-state index contributed by atoms with van der Waals surface area (Å²) in [6.07, 6.45) is 5.29. The van der Waals surface area contributed by atoms with Gasteiger partial charge in [0, 0.05) is 19.2 Å². The number of anilines is 1. The monoisotopic (exact) mass is 379 g/mol. The van der Waals surface area contributed by atoms with Gasteiger partial charge in [0.15, 0.2) is 16.6 Å². The van der Waals surface area contributed by atoms with Crippen LogP contribution >= 0.6 is 11.3 Å². The second-order valence-electron chi connectivity index (χ2n) is 7.54. The minimum Gasteiger partial charge on any atom is -0.338 e. The first-order valence-electron chi connectivity index (χ1n) is 9.71. The Morgan fingerprint density at radius 1 is 1.30 bits per heavy atom. The first kappa shape index (κ1) is 18.1. The van der Waals surface area contributed by atoms with Gasteiger partial charge in [-0.05, 0) is 42.4 Å². The highest BCUT2D eigenvalue weighted by Crippen LogP contribution is 2.34. The summed E-state index contributed by atoms with van der Waals surface area (Å²) in [5.74, 6) is 0.776. The van der Waals surface area contributed by atoms with Gasteiger partial charge in [0.2, 0.25) is 0 Å². The topological polar surface area (TPSA) is 46.1 Å². The number of aryl methyl sites for hydroxylation is 1. The van der Waals surface area contributed by atoms with E-state index < -0.39 is 0 Å². The third-order valence-electron chi connectivity index (χ3n) is 5.30. The molecule has 3 aromatic rings. The zero-order chi connectivity index (χ0) is 18.8. The number of hydrogen-bond acceptors (Lipinski definition) is 5. The molecule has 0 N–H and O–H groups in total. The number of benzene rings is 1. The van der Waals surface area contributed by atoms with Crippen molar-refractivity contribution >= 4 is 32.6 Å². The summed E-state index contributed by atoms with van der Waals surface area (Å²) >= 11 is 1.66. The lowest BCUT2D eigenvalue weighted by atomic mass is 10.0. The molecule has 1 aromatic carbocycles. The third-order valence-corrected chi connectivity index (χ3v) is 6.33. The van der Waals surface area contributed by atoms with Gasteiger partial charge in [-0.25, -0.2) is 4.98 Å². The SMILES string of the molecule is CC(C)c1cnc2nc(N3CCC[C@@H]3C(=O)CCc3ccccc3)sc2c1. The molecule has 1 saturated heterocycles. The molecule has 140 valence electrons. The molecule has 0 saturated carbocycles. The fourth-order valence-corrected chi connectivity index (χ4v) is 4.72. The normalized spacial score (nSPS) is 17.1. The van der Waals surface area contributed by atoms with Gasteiger partial charge >= 0.3 is 0 Å². The molecule has 0 amide bonds. The van der Waals surface area contributed by atoms with Crippen LogP contribution in [0, 0.1) is 0 Å². The largest absolute Gasteiger partial charge is 0.338 e. The highest BCUT2D eigenvalue weighted by Gasteiger charge is 2.32. The van der Waals surface area contributed by atoms with Crippen LogP contribution in [0.1, 0.15) is 50.2 Å². The molecular formula is C22H25N3OS. The smallest absolute Gasteiger partial charge is 0.188 e. The van der Waals surface area contributed by atoms with Crippen LogP contribution in [0.4, 0.5) is 5.13 Å². The van der Waals surface area contributed by atoms with Crippen molar-refractivity contribution in [1.29, 1.82) is 0 Å². The maximum atomic E-state index is 12.9. The van der Waals surface area contributed by atoms with Crippen molar-refractivity contribution in [3.8, 4) is 0 Å². The molecule has 4 rings (SSSR count). The first-order valence-corrected chi connectivity index (χ1v) is 10.5. The quantitative estimate of drug-likeness (QED) is 0.606. The number of aromatic nitrogens is 2. The van der Waals surface area contributed by atoms with Gasteiger partial charge in [-0.2, -0.15) is 4.98 Å². The number of hydrogen-bond donors (Lipinski definition) is 0. The summed E-state index contributed by atoms with van der Waals surface area (Å²) in [4.78, 5) is 24.3. The third kappa shape index (κ3) is 3.88. The highest BCUT2D eigenvalue weighted by molar-refractivity contribution is 7.22. The number of rotatable bonds is 6. The maximum Gasteiger partial charge on any atom is 0.188 e. The summed E-state index contributed by atoms with van der Waals surface area (Å²) in [5.41, 5.74) is 3.25. The van der Waals surface area contributed by atoms with Gasteiger partial charge in [0.1, 0.15) is 0 Å². The van der Waals surface area contributed by atoms with Crippen LogP contribution in [0.5, 0.6) is 0 Å². The standard InChI is InChI=1S/C22H25N3OS/c1-15(2)17-13-20-21(23-14-17)24-22(27-20)25-12-6-9-18(25)19(26)11-10-16-7-4-3-5-8-16/h3-5,7-8,13-15,18H,6,9-12H2,1-2H3/t18-/m1/s1. The number of Topliss-reactive ketones (excluding diaryl/α,β-unsaturated/α-hetero) is 1. The van der Waals surface area contributed by atoms with E-state index in [-0.39, 0.29) is 6.04 Å². The Morgan fingerprint density at radius 2 is 2.11 bits per heavy atom. The van der Waals surface area contributed by atoms with Crippen LogP contribution in [-0.2, 0) is 11.2 Å². The molecular weight excluding hydrogens is 354 g/mol. The van der Waals surface area contributed by atoms with Crippen molar-refractivity contribution in [2.75, 3.05) is 11.4 Å². The molecule has 5 heteroatoms. The predicted octanol–water partition coefficient (Wildman–Crippen LogP) is 4.99. The zero-order valence-electron chi connectivity index (χ0n) is 15.9. The summed E-state index contributed by atoms with van der Waals surface area (Å²) in [7, 11) is 0. The summed E-state index contributed by atoms with van der Waals surface area (Å²) in [5, 5.41) is 0.939. The van der Waals surface area contributed by atoms with Crippen LogP contribution in [0.15, 0.2) is 42.6 Å². The highest BCUT2D eigenvalue weighted by atomic mass is 32.1. The molecule has 2 aromatic heterocycles. The van der Waals surface area contributed by atoms with Crippen LogP contribution in [0.3, 0.4) is 0 Å². The molecule has 0 radical (unpaired) electrons. The van der Waals surface area contributed by atoms with Crippen molar-refractivity contribution in [1.82, 2.24) is 9.97 Å². The average Bonchev–Trinajstić information content (AvgIpc) is 3.32. The molecule has 3 heterocycles. The number of fused-ring (bicyclic) bond motifs is 1. The lowest BCUT2D eigenvalue weighted by Gasteiger charge is -2.22. The van der Waals surface area contributed by atoms with Gasteiger partial charge in [0.25, 0.3) is 0 Å². The van der Waals surface area contributed by atoms with Gasteiger partial charge in [0.05, 0.1) is 10.7 Å². The lowest BCUT2D eigenvalue weighted by molar-refractivity contribution is -0.120. The molecule has 1 aliphatic heterocycles. The molecule has 1 fully saturated rings. The summed E-state index contributed by atoms with van der Waals surface area (Å²) in [6, 6.07) is 12.4. The number of nitrogens with zero attached hydrogens (tertiary/aromatic N) is 3. The van der Waals surface area contributed by atoms with E-state index in [9.17, 15) is 4.79 Å². The number of thiazole rings is 1.